The monoisotopic (exact) mass is 196 g/mol. The molecule has 2 atom stereocenters. The smallest absolute Gasteiger partial charge is 0.300 e. The average Bonchev–Trinajstić information content (AvgIpc) is 2.02. The molecule has 2 unspecified atom stereocenters. The van der Waals surface area contributed by atoms with Crippen LogP contribution in [0.25, 0.3) is 0 Å². The molecule has 0 aromatic rings. The molecular formula is C12H20O2. The molecule has 2 nitrogen and oxygen atoms in total. The Bertz CT molecular complexity index is 247. The fraction of sp³-hybridized carbons (Fsp3) is 0.750. The Morgan fingerprint density at radius 2 is 2.07 bits per heavy atom. The van der Waals surface area contributed by atoms with Gasteiger partial charge in [0.1, 0.15) is 0 Å². The Balaban J connectivity index is 0.000000213. The van der Waals surface area contributed by atoms with Gasteiger partial charge in [-0.2, -0.15) is 0 Å². The number of hydrogen-bond acceptors (Lipinski definition) is 1. The highest BCUT2D eigenvalue weighted by Crippen LogP contribution is 2.60. The van der Waals surface area contributed by atoms with Crippen molar-refractivity contribution in [2.45, 2.75) is 40.0 Å². The van der Waals surface area contributed by atoms with Crippen molar-refractivity contribution >= 4 is 5.97 Å². The van der Waals surface area contributed by atoms with Crippen LogP contribution in [-0.2, 0) is 4.79 Å². The number of carbonyl (C=O) groups is 1. The molecule has 3 aliphatic carbocycles. The second kappa shape index (κ2) is 3.76. The molecule has 0 radical (unpaired) electrons. The van der Waals surface area contributed by atoms with Crippen molar-refractivity contribution in [1.82, 2.24) is 0 Å². The first-order valence-corrected chi connectivity index (χ1v) is 5.23. The van der Waals surface area contributed by atoms with E-state index in [1.807, 2.05) is 0 Å². The van der Waals surface area contributed by atoms with Crippen molar-refractivity contribution in [3.8, 4) is 0 Å². The van der Waals surface area contributed by atoms with Gasteiger partial charge in [0.15, 0.2) is 0 Å². The van der Waals surface area contributed by atoms with E-state index in [4.69, 9.17) is 9.90 Å². The van der Waals surface area contributed by atoms with Crippen LogP contribution in [0.1, 0.15) is 40.0 Å². The third-order valence-electron chi connectivity index (χ3n) is 3.78. The highest BCUT2D eigenvalue weighted by molar-refractivity contribution is 5.62. The van der Waals surface area contributed by atoms with Crippen LogP contribution in [0.15, 0.2) is 12.2 Å². The van der Waals surface area contributed by atoms with E-state index < -0.39 is 5.97 Å². The van der Waals surface area contributed by atoms with Gasteiger partial charge in [0.2, 0.25) is 0 Å². The lowest BCUT2D eigenvalue weighted by Gasteiger charge is -2.57. The van der Waals surface area contributed by atoms with Gasteiger partial charge in [0.25, 0.3) is 5.97 Å². The molecule has 0 heterocycles. The van der Waals surface area contributed by atoms with Crippen LogP contribution < -0.4 is 0 Å². The molecule has 2 bridgehead atoms. The van der Waals surface area contributed by atoms with E-state index in [0.717, 1.165) is 18.8 Å². The van der Waals surface area contributed by atoms with E-state index in [1.165, 1.54) is 24.8 Å². The standard InChI is InChI=1S/C10H16.C2H4O2/c1-7-4-5-8-6-9(7)10(8,2)3;1-2(3)4/h8-9H,1,4-6H2,2-3H3;1H3,(H,3,4). The molecule has 1 N–H and O–H groups in total. The Morgan fingerprint density at radius 1 is 1.57 bits per heavy atom. The van der Waals surface area contributed by atoms with Crippen molar-refractivity contribution in [3.63, 3.8) is 0 Å². The molecule has 80 valence electrons. The van der Waals surface area contributed by atoms with Crippen LogP contribution in [0.3, 0.4) is 0 Å². The Labute approximate surface area is 86.0 Å². The summed E-state index contributed by atoms with van der Waals surface area (Å²) in [7, 11) is 0. The summed E-state index contributed by atoms with van der Waals surface area (Å²) in [6.45, 7) is 10.0. The van der Waals surface area contributed by atoms with E-state index in [-0.39, 0.29) is 0 Å². The van der Waals surface area contributed by atoms with Crippen LogP contribution in [0, 0.1) is 17.3 Å². The zero-order valence-corrected chi connectivity index (χ0v) is 9.34. The summed E-state index contributed by atoms with van der Waals surface area (Å²) in [5.74, 6) is 1.05. The minimum Gasteiger partial charge on any atom is -0.481 e. The van der Waals surface area contributed by atoms with Gasteiger partial charge in [0.05, 0.1) is 0 Å². The van der Waals surface area contributed by atoms with E-state index in [0.29, 0.717) is 5.41 Å². The van der Waals surface area contributed by atoms with E-state index >= 15 is 0 Å². The zero-order valence-electron chi connectivity index (χ0n) is 9.34. The minimum atomic E-state index is -0.833. The fourth-order valence-electron chi connectivity index (χ4n) is 2.73. The Kier molecular flexibility index (Phi) is 3.03. The van der Waals surface area contributed by atoms with Gasteiger partial charge >= 0.3 is 0 Å². The average molecular weight is 196 g/mol. The molecule has 0 aromatic carbocycles. The summed E-state index contributed by atoms with van der Waals surface area (Å²) >= 11 is 0. The van der Waals surface area contributed by atoms with E-state index in [9.17, 15) is 0 Å². The van der Waals surface area contributed by atoms with Gasteiger partial charge in [-0.3, -0.25) is 4.79 Å². The maximum Gasteiger partial charge on any atom is 0.300 e. The van der Waals surface area contributed by atoms with Crippen molar-refractivity contribution in [1.29, 1.82) is 0 Å². The number of carboxylic acids is 1. The van der Waals surface area contributed by atoms with Crippen LogP contribution in [0.4, 0.5) is 0 Å². The molecule has 0 amide bonds. The number of hydrogen-bond donors (Lipinski definition) is 1. The predicted octanol–water partition coefficient (Wildman–Crippen LogP) is 3.09. The molecule has 0 aromatic heterocycles. The summed E-state index contributed by atoms with van der Waals surface area (Å²) in [4.78, 5) is 9.00. The molecule has 3 rings (SSSR count). The predicted molar refractivity (Wildman–Crippen MR) is 57.1 cm³/mol. The SMILES string of the molecule is C=C1CCC2CC1C2(C)C.CC(=O)O. The van der Waals surface area contributed by atoms with Crippen molar-refractivity contribution < 1.29 is 9.90 Å². The number of carboxylic acid groups (broad SMARTS) is 1. The van der Waals surface area contributed by atoms with Gasteiger partial charge in [-0.05, 0) is 36.5 Å². The normalized spacial score (nSPS) is 32.4. The number of aliphatic carboxylic acids is 1. The molecule has 0 saturated heterocycles. The van der Waals surface area contributed by atoms with Gasteiger partial charge < -0.3 is 5.11 Å². The molecule has 2 heteroatoms. The lowest BCUT2D eigenvalue weighted by Crippen LogP contribution is -2.48. The summed E-state index contributed by atoms with van der Waals surface area (Å²) in [6, 6.07) is 0. The van der Waals surface area contributed by atoms with Gasteiger partial charge in [0, 0.05) is 6.92 Å². The number of allylic oxidation sites excluding steroid dienone is 1. The van der Waals surface area contributed by atoms with Crippen molar-refractivity contribution in [2.24, 2.45) is 17.3 Å². The number of rotatable bonds is 0. The van der Waals surface area contributed by atoms with Gasteiger partial charge in [-0.1, -0.05) is 26.0 Å². The lowest BCUT2D eigenvalue weighted by molar-refractivity contribution is -0.134. The zero-order chi connectivity index (χ0) is 10.9. The maximum absolute atomic E-state index is 9.00. The topological polar surface area (TPSA) is 37.3 Å². The third-order valence-corrected chi connectivity index (χ3v) is 3.78. The lowest BCUT2D eigenvalue weighted by atomic mass is 9.47. The van der Waals surface area contributed by atoms with Gasteiger partial charge in [-0.25, -0.2) is 0 Å². The summed E-state index contributed by atoms with van der Waals surface area (Å²) in [5, 5.41) is 7.42. The molecular weight excluding hydrogens is 176 g/mol. The highest BCUT2D eigenvalue weighted by atomic mass is 16.4. The maximum atomic E-state index is 9.00. The first-order chi connectivity index (χ1) is 6.35. The molecule has 14 heavy (non-hydrogen) atoms. The highest BCUT2D eigenvalue weighted by Gasteiger charge is 2.51. The quantitative estimate of drug-likeness (QED) is 0.604. The molecule has 3 saturated carbocycles. The van der Waals surface area contributed by atoms with Crippen LogP contribution in [-0.4, -0.2) is 11.1 Å². The first-order valence-electron chi connectivity index (χ1n) is 5.23. The van der Waals surface area contributed by atoms with Gasteiger partial charge in [-0.15, -0.1) is 0 Å². The third kappa shape index (κ3) is 1.99. The van der Waals surface area contributed by atoms with Crippen LogP contribution in [0.5, 0.6) is 0 Å². The van der Waals surface area contributed by atoms with Crippen molar-refractivity contribution in [2.75, 3.05) is 0 Å². The van der Waals surface area contributed by atoms with Crippen LogP contribution in [0.2, 0.25) is 0 Å². The molecule has 3 aliphatic rings. The molecule has 0 spiro atoms. The van der Waals surface area contributed by atoms with Crippen molar-refractivity contribution in [3.05, 3.63) is 12.2 Å². The summed E-state index contributed by atoms with van der Waals surface area (Å²) in [6.07, 6.45) is 4.15. The minimum absolute atomic E-state index is 0.606. The van der Waals surface area contributed by atoms with E-state index in [1.54, 1.807) is 0 Å². The largest absolute Gasteiger partial charge is 0.481 e. The molecule has 3 fully saturated rings. The van der Waals surface area contributed by atoms with Crippen LogP contribution >= 0.6 is 0 Å². The summed E-state index contributed by atoms with van der Waals surface area (Å²) < 4.78 is 0. The van der Waals surface area contributed by atoms with E-state index in [2.05, 4.69) is 20.4 Å². The Hall–Kier alpha value is -0.790. The second-order valence-corrected chi connectivity index (χ2v) is 5.02. The fourth-order valence-corrected chi connectivity index (χ4v) is 2.73. The second-order valence-electron chi connectivity index (χ2n) is 5.02. The first kappa shape index (κ1) is 11.3. The number of fused-ring (bicyclic) bond motifs is 2. The molecule has 0 aliphatic heterocycles. The Morgan fingerprint density at radius 3 is 2.29 bits per heavy atom. The summed E-state index contributed by atoms with van der Waals surface area (Å²) in [5.41, 5.74) is 2.13.